The standard InChI is InChI=1S/C12H16N4O/c1-9-14-10-5-2-3-6-11(10)16(9)8-4-7-12(17)15-13/h2-3,5-6H,4,7-8,13H2,1H3,(H,15,17). The van der Waals surface area contributed by atoms with Crippen LogP contribution in [0.2, 0.25) is 0 Å². The molecule has 0 aliphatic heterocycles. The van der Waals surface area contributed by atoms with E-state index in [1.54, 1.807) is 0 Å². The van der Waals surface area contributed by atoms with E-state index < -0.39 is 0 Å². The van der Waals surface area contributed by atoms with Crippen LogP contribution in [-0.4, -0.2) is 15.5 Å². The molecule has 2 rings (SSSR count). The lowest BCUT2D eigenvalue weighted by molar-refractivity contribution is -0.121. The number of amides is 1. The molecule has 17 heavy (non-hydrogen) atoms. The molecule has 5 nitrogen and oxygen atoms in total. The predicted octanol–water partition coefficient (Wildman–Crippen LogP) is 1.11. The number of aryl methyl sites for hydroxylation is 2. The Bertz CT molecular complexity index is 532. The molecule has 0 aliphatic carbocycles. The second kappa shape index (κ2) is 4.97. The van der Waals surface area contributed by atoms with E-state index in [9.17, 15) is 4.79 Å². The normalized spacial score (nSPS) is 10.7. The van der Waals surface area contributed by atoms with Crippen molar-refractivity contribution in [2.45, 2.75) is 26.3 Å². The van der Waals surface area contributed by atoms with Gasteiger partial charge in [-0.15, -0.1) is 0 Å². The summed E-state index contributed by atoms with van der Waals surface area (Å²) < 4.78 is 2.12. The maximum atomic E-state index is 11.0. The zero-order valence-corrected chi connectivity index (χ0v) is 9.81. The van der Waals surface area contributed by atoms with Crippen molar-refractivity contribution in [3.05, 3.63) is 30.1 Å². The Labute approximate surface area is 99.6 Å². The third kappa shape index (κ3) is 2.45. The number of hydrogen-bond acceptors (Lipinski definition) is 3. The lowest BCUT2D eigenvalue weighted by atomic mass is 10.2. The fourth-order valence-electron chi connectivity index (χ4n) is 1.95. The summed E-state index contributed by atoms with van der Waals surface area (Å²) in [5.41, 5.74) is 4.24. The molecule has 3 N–H and O–H groups in total. The molecular weight excluding hydrogens is 216 g/mol. The highest BCUT2D eigenvalue weighted by Gasteiger charge is 2.06. The molecule has 0 aliphatic rings. The zero-order valence-electron chi connectivity index (χ0n) is 9.81. The summed E-state index contributed by atoms with van der Waals surface area (Å²) in [5.74, 6) is 5.87. The van der Waals surface area contributed by atoms with Crippen LogP contribution in [0.5, 0.6) is 0 Å². The highest BCUT2D eigenvalue weighted by molar-refractivity contribution is 5.76. The van der Waals surface area contributed by atoms with Crippen molar-refractivity contribution >= 4 is 16.9 Å². The summed E-state index contributed by atoms with van der Waals surface area (Å²) in [5, 5.41) is 0. The number of nitrogens with zero attached hydrogens (tertiary/aromatic N) is 2. The van der Waals surface area contributed by atoms with Crippen LogP contribution in [0.1, 0.15) is 18.7 Å². The Morgan fingerprint density at radius 2 is 2.24 bits per heavy atom. The first-order valence-corrected chi connectivity index (χ1v) is 5.63. The number of carbonyl (C=O) groups excluding carboxylic acids is 1. The minimum Gasteiger partial charge on any atom is -0.328 e. The molecule has 2 aromatic rings. The van der Waals surface area contributed by atoms with E-state index >= 15 is 0 Å². The van der Waals surface area contributed by atoms with Crippen LogP contribution in [0.25, 0.3) is 11.0 Å². The summed E-state index contributed by atoms with van der Waals surface area (Å²) in [7, 11) is 0. The lowest BCUT2D eigenvalue weighted by Crippen LogP contribution is -2.29. The van der Waals surface area contributed by atoms with Crippen molar-refractivity contribution in [1.82, 2.24) is 15.0 Å². The summed E-state index contributed by atoms with van der Waals surface area (Å²) in [6.07, 6.45) is 1.19. The number of hydrogen-bond donors (Lipinski definition) is 2. The summed E-state index contributed by atoms with van der Waals surface area (Å²) in [4.78, 5) is 15.5. The topological polar surface area (TPSA) is 72.9 Å². The molecule has 1 aromatic carbocycles. The largest absolute Gasteiger partial charge is 0.328 e. The molecule has 0 bridgehead atoms. The van der Waals surface area contributed by atoms with Gasteiger partial charge >= 0.3 is 0 Å². The van der Waals surface area contributed by atoms with Gasteiger partial charge in [-0.05, 0) is 25.5 Å². The Kier molecular flexibility index (Phi) is 3.39. The highest BCUT2D eigenvalue weighted by Crippen LogP contribution is 2.16. The molecule has 1 heterocycles. The Hall–Kier alpha value is -1.88. The quantitative estimate of drug-likeness (QED) is 0.471. The van der Waals surface area contributed by atoms with Crippen LogP contribution in [-0.2, 0) is 11.3 Å². The van der Waals surface area contributed by atoms with Gasteiger partial charge in [-0.3, -0.25) is 10.2 Å². The van der Waals surface area contributed by atoms with Crippen molar-refractivity contribution in [3.63, 3.8) is 0 Å². The van der Waals surface area contributed by atoms with E-state index in [-0.39, 0.29) is 5.91 Å². The first kappa shape index (κ1) is 11.6. The maximum absolute atomic E-state index is 11.0. The minimum absolute atomic E-state index is 0.132. The fraction of sp³-hybridized carbons (Fsp3) is 0.333. The molecule has 0 saturated carbocycles. The number of benzene rings is 1. The number of rotatable bonds is 4. The molecule has 90 valence electrons. The number of carbonyl (C=O) groups is 1. The molecule has 1 amide bonds. The molecule has 0 atom stereocenters. The molecule has 1 aromatic heterocycles. The number of hydrazine groups is 1. The van der Waals surface area contributed by atoms with Crippen LogP contribution < -0.4 is 11.3 Å². The fourth-order valence-corrected chi connectivity index (χ4v) is 1.95. The molecule has 0 fully saturated rings. The number of nitrogens with one attached hydrogen (secondary N) is 1. The van der Waals surface area contributed by atoms with E-state index in [2.05, 4.69) is 15.0 Å². The van der Waals surface area contributed by atoms with Gasteiger partial charge in [0.25, 0.3) is 0 Å². The van der Waals surface area contributed by atoms with Crippen LogP contribution >= 0.6 is 0 Å². The van der Waals surface area contributed by atoms with Gasteiger partial charge in [0, 0.05) is 13.0 Å². The van der Waals surface area contributed by atoms with E-state index in [1.165, 1.54) is 0 Å². The Balaban J connectivity index is 2.12. The third-order valence-corrected chi connectivity index (χ3v) is 2.79. The van der Waals surface area contributed by atoms with Gasteiger partial charge in [0.2, 0.25) is 5.91 Å². The maximum Gasteiger partial charge on any atom is 0.233 e. The van der Waals surface area contributed by atoms with Gasteiger partial charge < -0.3 is 4.57 Å². The predicted molar refractivity (Wildman–Crippen MR) is 66.0 cm³/mol. The van der Waals surface area contributed by atoms with Gasteiger partial charge in [0.15, 0.2) is 0 Å². The van der Waals surface area contributed by atoms with E-state index in [0.29, 0.717) is 6.42 Å². The number of nitrogens with two attached hydrogens (primary N) is 1. The molecule has 0 saturated heterocycles. The monoisotopic (exact) mass is 232 g/mol. The average molecular weight is 232 g/mol. The summed E-state index contributed by atoms with van der Waals surface area (Å²) >= 11 is 0. The van der Waals surface area contributed by atoms with Crippen molar-refractivity contribution in [1.29, 1.82) is 0 Å². The summed E-state index contributed by atoms with van der Waals surface area (Å²) in [6.45, 7) is 2.75. The number of fused-ring (bicyclic) bond motifs is 1. The van der Waals surface area contributed by atoms with Gasteiger partial charge in [0.05, 0.1) is 11.0 Å². The van der Waals surface area contributed by atoms with Crippen molar-refractivity contribution in [2.24, 2.45) is 5.84 Å². The smallest absolute Gasteiger partial charge is 0.233 e. The van der Waals surface area contributed by atoms with Crippen LogP contribution in [0, 0.1) is 6.92 Å². The SMILES string of the molecule is Cc1nc2ccccc2n1CCCC(=O)NN. The van der Waals surface area contributed by atoms with Crippen LogP contribution in [0.15, 0.2) is 24.3 Å². The Morgan fingerprint density at radius 3 is 3.00 bits per heavy atom. The molecule has 0 radical (unpaired) electrons. The van der Waals surface area contributed by atoms with Gasteiger partial charge in [0.1, 0.15) is 5.82 Å². The highest BCUT2D eigenvalue weighted by atomic mass is 16.2. The van der Waals surface area contributed by atoms with Crippen molar-refractivity contribution < 1.29 is 4.79 Å². The molecule has 5 heteroatoms. The second-order valence-corrected chi connectivity index (χ2v) is 3.97. The second-order valence-electron chi connectivity index (χ2n) is 3.97. The third-order valence-electron chi connectivity index (χ3n) is 2.79. The zero-order chi connectivity index (χ0) is 12.3. The molecular formula is C12H16N4O. The first-order valence-electron chi connectivity index (χ1n) is 5.63. The molecule has 0 spiro atoms. The lowest BCUT2D eigenvalue weighted by Gasteiger charge is -2.06. The van der Waals surface area contributed by atoms with E-state index in [4.69, 9.17) is 5.84 Å². The van der Waals surface area contributed by atoms with Crippen LogP contribution in [0.4, 0.5) is 0 Å². The number of para-hydroxylation sites is 2. The van der Waals surface area contributed by atoms with Crippen molar-refractivity contribution in [3.8, 4) is 0 Å². The van der Waals surface area contributed by atoms with E-state index in [0.717, 1.165) is 29.8 Å². The first-order chi connectivity index (χ1) is 8.22. The summed E-state index contributed by atoms with van der Waals surface area (Å²) in [6, 6.07) is 8.00. The Morgan fingerprint density at radius 1 is 1.47 bits per heavy atom. The number of imidazole rings is 1. The minimum atomic E-state index is -0.132. The van der Waals surface area contributed by atoms with Crippen molar-refractivity contribution in [2.75, 3.05) is 0 Å². The molecule has 0 unspecified atom stereocenters. The van der Waals surface area contributed by atoms with Crippen LogP contribution in [0.3, 0.4) is 0 Å². The van der Waals surface area contributed by atoms with Gasteiger partial charge in [-0.1, -0.05) is 12.1 Å². The van der Waals surface area contributed by atoms with E-state index in [1.807, 2.05) is 31.2 Å². The number of aromatic nitrogens is 2. The van der Waals surface area contributed by atoms with Gasteiger partial charge in [-0.2, -0.15) is 0 Å². The average Bonchev–Trinajstić information content (AvgIpc) is 2.66. The van der Waals surface area contributed by atoms with Gasteiger partial charge in [-0.25, -0.2) is 10.8 Å².